The van der Waals surface area contributed by atoms with Crippen LogP contribution in [-0.2, 0) is 9.59 Å². The molecule has 1 amide bonds. The Balaban J connectivity index is 2.06. The van der Waals surface area contributed by atoms with Crippen LogP contribution < -0.4 is 16.4 Å². The van der Waals surface area contributed by atoms with Gasteiger partial charge >= 0.3 is 5.97 Å². The molecule has 0 radical (unpaired) electrons. The van der Waals surface area contributed by atoms with Crippen molar-refractivity contribution in [2.24, 2.45) is 11.5 Å². The zero-order valence-electron chi connectivity index (χ0n) is 12.0. The molecule has 0 bridgehead atoms. The molecule has 1 aliphatic rings. The molecule has 1 heterocycles. The predicted octanol–water partition coefficient (Wildman–Crippen LogP) is -0.786. The molecule has 2 atom stereocenters. The monoisotopic (exact) mass is 310 g/mol. The van der Waals surface area contributed by atoms with Crippen LogP contribution >= 0.6 is 0 Å². The van der Waals surface area contributed by atoms with Gasteiger partial charge in [-0.1, -0.05) is 12.1 Å². The van der Waals surface area contributed by atoms with Crippen LogP contribution in [-0.4, -0.2) is 60.1 Å². The number of nitrogens with two attached hydrogens (primary N) is 2. The SMILES string of the molecule is NC(=O)C([C@H](N)C(=O)O)N1CCN(c2ccccc2F)CC1. The molecule has 2 rings (SSSR count). The minimum Gasteiger partial charge on any atom is -0.480 e. The number of hydrogen-bond donors (Lipinski definition) is 3. The summed E-state index contributed by atoms with van der Waals surface area (Å²) < 4.78 is 13.8. The zero-order valence-corrected chi connectivity index (χ0v) is 12.0. The lowest BCUT2D eigenvalue weighted by molar-refractivity contribution is -0.143. The fourth-order valence-corrected chi connectivity index (χ4v) is 2.67. The third kappa shape index (κ3) is 3.34. The van der Waals surface area contributed by atoms with Gasteiger partial charge in [-0.3, -0.25) is 14.5 Å². The second-order valence-corrected chi connectivity index (χ2v) is 5.19. The number of amides is 1. The van der Waals surface area contributed by atoms with Gasteiger partial charge in [0, 0.05) is 26.2 Å². The normalized spacial score (nSPS) is 18.7. The number of anilines is 1. The summed E-state index contributed by atoms with van der Waals surface area (Å²) in [5.74, 6) is -2.36. The zero-order chi connectivity index (χ0) is 16.3. The van der Waals surface area contributed by atoms with E-state index in [1.54, 1.807) is 23.1 Å². The van der Waals surface area contributed by atoms with E-state index in [1.165, 1.54) is 6.07 Å². The van der Waals surface area contributed by atoms with E-state index >= 15 is 0 Å². The van der Waals surface area contributed by atoms with Crippen LogP contribution in [0.25, 0.3) is 0 Å². The summed E-state index contributed by atoms with van der Waals surface area (Å²) in [6, 6.07) is 3.98. The van der Waals surface area contributed by atoms with E-state index in [1.807, 2.05) is 4.90 Å². The van der Waals surface area contributed by atoms with Crippen molar-refractivity contribution in [1.29, 1.82) is 0 Å². The minimum atomic E-state index is -1.38. The number of primary amides is 1. The fourth-order valence-electron chi connectivity index (χ4n) is 2.67. The number of carbonyl (C=O) groups excluding carboxylic acids is 1. The summed E-state index contributed by atoms with van der Waals surface area (Å²) in [7, 11) is 0. The Bertz CT molecular complexity index is 561. The van der Waals surface area contributed by atoms with Crippen molar-refractivity contribution >= 4 is 17.6 Å². The minimum absolute atomic E-state index is 0.315. The Morgan fingerprint density at radius 3 is 2.27 bits per heavy atom. The lowest BCUT2D eigenvalue weighted by atomic mass is 10.1. The largest absolute Gasteiger partial charge is 0.480 e. The van der Waals surface area contributed by atoms with Crippen molar-refractivity contribution < 1.29 is 19.1 Å². The van der Waals surface area contributed by atoms with Crippen molar-refractivity contribution in [3.63, 3.8) is 0 Å². The van der Waals surface area contributed by atoms with Crippen LogP contribution in [0.3, 0.4) is 0 Å². The molecule has 0 aliphatic carbocycles. The molecule has 7 nitrogen and oxygen atoms in total. The van der Waals surface area contributed by atoms with Crippen molar-refractivity contribution in [2.45, 2.75) is 12.1 Å². The quantitative estimate of drug-likeness (QED) is 0.657. The van der Waals surface area contributed by atoms with Crippen LogP contribution in [0.1, 0.15) is 0 Å². The highest BCUT2D eigenvalue weighted by atomic mass is 19.1. The Morgan fingerprint density at radius 1 is 1.18 bits per heavy atom. The molecule has 120 valence electrons. The number of carboxylic acid groups (broad SMARTS) is 1. The van der Waals surface area contributed by atoms with Gasteiger partial charge in [-0.15, -0.1) is 0 Å². The predicted molar refractivity (Wildman–Crippen MR) is 78.8 cm³/mol. The molecule has 1 fully saturated rings. The van der Waals surface area contributed by atoms with Gasteiger partial charge in [0.05, 0.1) is 5.69 Å². The summed E-state index contributed by atoms with van der Waals surface area (Å²) >= 11 is 0. The van der Waals surface area contributed by atoms with Crippen LogP contribution in [0.2, 0.25) is 0 Å². The summed E-state index contributed by atoms with van der Waals surface area (Å²) in [5, 5.41) is 8.98. The van der Waals surface area contributed by atoms with Gasteiger partial charge in [0.25, 0.3) is 0 Å². The summed E-state index contributed by atoms with van der Waals surface area (Å²) in [6.07, 6.45) is 0. The van der Waals surface area contributed by atoms with E-state index in [2.05, 4.69) is 0 Å². The summed E-state index contributed by atoms with van der Waals surface area (Å²) in [5.41, 5.74) is 11.3. The molecule has 0 saturated carbocycles. The number of aliphatic carboxylic acids is 1. The van der Waals surface area contributed by atoms with Gasteiger partial charge in [0.2, 0.25) is 5.91 Å². The number of carboxylic acids is 1. The average molecular weight is 310 g/mol. The van der Waals surface area contributed by atoms with E-state index in [0.29, 0.717) is 31.9 Å². The number of piperazine rings is 1. The lowest BCUT2D eigenvalue weighted by Gasteiger charge is -2.40. The van der Waals surface area contributed by atoms with Crippen LogP contribution in [0.4, 0.5) is 10.1 Å². The average Bonchev–Trinajstić information content (AvgIpc) is 2.48. The highest BCUT2D eigenvalue weighted by molar-refractivity contribution is 5.88. The molecular formula is C14H19FN4O3. The van der Waals surface area contributed by atoms with Crippen molar-refractivity contribution in [3.8, 4) is 0 Å². The van der Waals surface area contributed by atoms with Gasteiger partial charge in [-0.05, 0) is 12.1 Å². The molecule has 5 N–H and O–H groups in total. The first-order chi connectivity index (χ1) is 10.4. The maximum Gasteiger partial charge on any atom is 0.322 e. The van der Waals surface area contributed by atoms with E-state index in [9.17, 15) is 14.0 Å². The third-order valence-electron chi connectivity index (χ3n) is 3.82. The molecule has 1 aromatic rings. The Hall–Kier alpha value is -2.19. The third-order valence-corrected chi connectivity index (χ3v) is 3.82. The highest BCUT2D eigenvalue weighted by Crippen LogP contribution is 2.21. The standard InChI is InChI=1S/C14H19FN4O3/c15-9-3-1-2-4-10(9)18-5-7-19(8-6-18)12(13(17)20)11(16)14(21)22/h1-4,11-12H,5-8,16H2,(H2,17,20)(H,21,22)/t11-,12?/m0/s1. The van der Waals surface area contributed by atoms with Gasteiger partial charge in [0.15, 0.2) is 0 Å². The van der Waals surface area contributed by atoms with Crippen molar-refractivity contribution in [1.82, 2.24) is 4.90 Å². The molecule has 1 aromatic carbocycles. The van der Waals surface area contributed by atoms with Gasteiger partial charge in [-0.2, -0.15) is 0 Å². The lowest BCUT2D eigenvalue weighted by Crippen LogP contribution is -2.62. The van der Waals surface area contributed by atoms with E-state index in [0.717, 1.165) is 0 Å². The first-order valence-electron chi connectivity index (χ1n) is 6.93. The number of benzene rings is 1. The number of nitrogens with zero attached hydrogens (tertiary/aromatic N) is 2. The molecule has 0 spiro atoms. The number of rotatable bonds is 5. The van der Waals surface area contributed by atoms with E-state index < -0.39 is 24.0 Å². The second kappa shape index (κ2) is 6.71. The molecule has 8 heteroatoms. The second-order valence-electron chi connectivity index (χ2n) is 5.19. The smallest absolute Gasteiger partial charge is 0.322 e. The van der Waals surface area contributed by atoms with Gasteiger partial charge < -0.3 is 21.5 Å². The number of hydrogen-bond acceptors (Lipinski definition) is 5. The van der Waals surface area contributed by atoms with Gasteiger partial charge in [0.1, 0.15) is 17.9 Å². The molecule has 1 unspecified atom stereocenters. The van der Waals surface area contributed by atoms with E-state index in [4.69, 9.17) is 16.6 Å². The number of para-hydroxylation sites is 1. The maximum atomic E-state index is 13.8. The molecule has 0 aromatic heterocycles. The van der Waals surface area contributed by atoms with Gasteiger partial charge in [-0.25, -0.2) is 4.39 Å². The maximum absolute atomic E-state index is 13.8. The van der Waals surface area contributed by atoms with Crippen molar-refractivity contribution in [3.05, 3.63) is 30.1 Å². The topological polar surface area (TPSA) is 113 Å². The first kappa shape index (κ1) is 16.2. The Labute approximate surface area is 127 Å². The molecule has 1 aliphatic heterocycles. The fraction of sp³-hybridized carbons (Fsp3) is 0.429. The highest BCUT2D eigenvalue weighted by Gasteiger charge is 2.36. The Kier molecular flexibility index (Phi) is 4.94. The molecular weight excluding hydrogens is 291 g/mol. The van der Waals surface area contributed by atoms with Crippen LogP contribution in [0.5, 0.6) is 0 Å². The van der Waals surface area contributed by atoms with Crippen LogP contribution in [0, 0.1) is 5.82 Å². The number of halogens is 1. The van der Waals surface area contributed by atoms with E-state index in [-0.39, 0.29) is 5.82 Å². The summed E-state index contributed by atoms with van der Waals surface area (Å²) in [4.78, 5) is 26.0. The van der Waals surface area contributed by atoms with Crippen molar-refractivity contribution in [2.75, 3.05) is 31.1 Å². The first-order valence-corrected chi connectivity index (χ1v) is 6.93. The number of carbonyl (C=O) groups is 2. The molecule has 1 saturated heterocycles. The summed E-state index contributed by atoms with van der Waals surface area (Å²) in [6.45, 7) is 1.67. The molecule has 22 heavy (non-hydrogen) atoms. The van der Waals surface area contributed by atoms with Crippen LogP contribution in [0.15, 0.2) is 24.3 Å². The Morgan fingerprint density at radius 2 is 1.77 bits per heavy atom.